The highest BCUT2D eigenvalue weighted by Crippen LogP contribution is 2.22. The van der Waals surface area contributed by atoms with Crippen LogP contribution < -0.4 is 0 Å². The van der Waals surface area contributed by atoms with E-state index in [1.165, 1.54) is 6.20 Å². The summed E-state index contributed by atoms with van der Waals surface area (Å²) >= 11 is 0. The molecule has 2 heteroatoms. The van der Waals surface area contributed by atoms with Crippen molar-refractivity contribution in [3.63, 3.8) is 0 Å². The Labute approximate surface area is 66.3 Å². The maximum atomic E-state index is 13.0. The maximum Gasteiger partial charge on any atom is 0.216 e. The predicted molar refractivity (Wildman–Crippen MR) is 42.9 cm³/mol. The van der Waals surface area contributed by atoms with E-state index in [0.29, 0.717) is 5.56 Å². The summed E-state index contributed by atoms with van der Waals surface area (Å²) in [5, 5.41) is 0. The molecule has 1 rings (SSSR count). The van der Waals surface area contributed by atoms with Gasteiger partial charge in [-0.3, -0.25) is 0 Å². The van der Waals surface area contributed by atoms with E-state index in [4.69, 9.17) is 0 Å². The Morgan fingerprint density at radius 3 is 2.36 bits per heavy atom. The van der Waals surface area contributed by atoms with Crippen molar-refractivity contribution in [1.29, 1.82) is 0 Å². The Morgan fingerprint density at radius 1 is 1.36 bits per heavy atom. The number of halogens is 1. The molecule has 1 aromatic rings. The van der Waals surface area contributed by atoms with Crippen molar-refractivity contribution in [3.8, 4) is 0 Å². The van der Waals surface area contributed by atoms with Gasteiger partial charge in [-0.25, -0.2) is 4.98 Å². The minimum absolute atomic E-state index is 0.154. The molecule has 0 aliphatic rings. The van der Waals surface area contributed by atoms with Crippen LogP contribution >= 0.6 is 0 Å². The molecule has 0 spiro atoms. The maximum absolute atomic E-state index is 13.0. The van der Waals surface area contributed by atoms with Crippen LogP contribution in [0.15, 0.2) is 18.3 Å². The van der Waals surface area contributed by atoms with Gasteiger partial charge in [-0.05, 0) is 11.5 Å². The smallest absolute Gasteiger partial charge is 0.216 e. The molecule has 0 saturated carbocycles. The third-order valence-electron chi connectivity index (χ3n) is 1.57. The average Bonchev–Trinajstić information content (AvgIpc) is 1.86. The van der Waals surface area contributed by atoms with Crippen molar-refractivity contribution in [1.82, 2.24) is 4.98 Å². The van der Waals surface area contributed by atoms with Gasteiger partial charge in [0.1, 0.15) is 0 Å². The normalized spacial score (nSPS) is 11.6. The summed E-state index contributed by atoms with van der Waals surface area (Å²) in [6.45, 7) is 5.90. The van der Waals surface area contributed by atoms with Crippen LogP contribution in [0.4, 0.5) is 4.39 Å². The fraction of sp³-hybridized carbons (Fsp3) is 0.444. The van der Waals surface area contributed by atoms with E-state index in [0.717, 1.165) is 0 Å². The van der Waals surface area contributed by atoms with Crippen LogP contribution in [0.2, 0.25) is 0 Å². The minimum Gasteiger partial charge on any atom is -0.228 e. The summed E-state index contributed by atoms with van der Waals surface area (Å²) in [7, 11) is 0. The highest BCUT2D eigenvalue weighted by molar-refractivity contribution is 5.19. The third-order valence-corrected chi connectivity index (χ3v) is 1.57. The summed E-state index contributed by atoms with van der Waals surface area (Å²) in [5.74, 6) is -0.361. The van der Waals surface area contributed by atoms with Gasteiger partial charge in [0, 0.05) is 11.8 Å². The molecule has 0 amide bonds. The van der Waals surface area contributed by atoms with E-state index in [9.17, 15) is 4.39 Å². The van der Waals surface area contributed by atoms with Crippen molar-refractivity contribution in [2.24, 2.45) is 0 Å². The zero-order valence-corrected chi connectivity index (χ0v) is 7.06. The van der Waals surface area contributed by atoms with Crippen LogP contribution in [0.5, 0.6) is 0 Å². The molecule has 0 bridgehead atoms. The van der Waals surface area contributed by atoms with E-state index < -0.39 is 0 Å². The van der Waals surface area contributed by atoms with Gasteiger partial charge in [-0.2, -0.15) is 4.39 Å². The second kappa shape index (κ2) is 2.61. The molecule has 11 heavy (non-hydrogen) atoms. The Kier molecular flexibility index (Phi) is 1.94. The zero-order chi connectivity index (χ0) is 8.48. The average molecular weight is 152 g/mol. The first-order chi connectivity index (χ1) is 5.02. The molecule has 0 aliphatic heterocycles. The molecule has 0 fully saturated rings. The van der Waals surface area contributed by atoms with Gasteiger partial charge in [-0.15, -0.1) is 0 Å². The van der Waals surface area contributed by atoms with Crippen LogP contribution in [0, 0.1) is 5.95 Å². The van der Waals surface area contributed by atoms with Crippen LogP contribution in [0.3, 0.4) is 0 Å². The number of pyridine rings is 1. The largest absolute Gasteiger partial charge is 0.228 e. The standard InChI is InChI=1S/C9H12FN/c1-9(2,3)7-5-4-6-11-8(7)10/h4-6H,1-3H3/i10-1. The van der Waals surface area contributed by atoms with Gasteiger partial charge >= 0.3 is 0 Å². The van der Waals surface area contributed by atoms with E-state index in [1.54, 1.807) is 12.1 Å². The molecular weight excluding hydrogens is 140 g/mol. The van der Waals surface area contributed by atoms with E-state index >= 15 is 0 Å². The molecule has 0 N–H and O–H groups in total. The molecule has 0 atom stereocenters. The molecule has 0 aliphatic carbocycles. The first kappa shape index (κ1) is 8.18. The lowest BCUT2D eigenvalue weighted by Crippen LogP contribution is -2.14. The first-order valence-corrected chi connectivity index (χ1v) is 3.63. The molecule has 0 aromatic carbocycles. The van der Waals surface area contributed by atoms with Crippen molar-refractivity contribution in [3.05, 3.63) is 29.8 Å². The second-order valence-electron chi connectivity index (χ2n) is 3.59. The van der Waals surface area contributed by atoms with Gasteiger partial charge in [0.25, 0.3) is 0 Å². The van der Waals surface area contributed by atoms with E-state index in [-0.39, 0.29) is 11.4 Å². The number of aromatic nitrogens is 1. The van der Waals surface area contributed by atoms with Crippen molar-refractivity contribution < 1.29 is 4.39 Å². The van der Waals surface area contributed by atoms with Gasteiger partial charge in [0.05, 0.1) is 0 Å². The molecule has 1 nitrogen and oxygen atoms in total. The lowest BCUT2D eigenvalue weighted by atomic mass is 9.88. The Bertz CT molecular complexity index is 250. The monoisotopic (exact) mass is 152 g/mol. The topological polar surface area (TPSA) is 12.9 Å². The van der Waals surface area contributed by atoms with Gasteiger partial charge < -0.3 is 0 Å². The first-order valence-electron chi connectivity index (χ1n) is 3.63. The summed E-state index contributed by atoms with van der Waals surface area (Å²) in [5.41, 5.74) is 0.512. The van der Waals surface area contributed by atoms with E-state index in [2.05, 4.69) is 4.98 Å². The quantitative estimate of drug-likeness (QED) is 0.520. The SMILES string of the molecule is CC(C)(C)c1cccnc1[18F]. The summed E-state index contributed by atoms with van der Waals surface area (Å²) in [6.07, 6.45) is 1.46. The molecule has 1 aromatic heterocycles. The lowest BCUT2D eigenvalue weighted by molar-refractivity contribution is 0.499. The summed E-state index contributed by atoms with van der Waals surface area (Å²) < 4.78 is 13.0. The zero-order valence-electron chi connectivity index (χ0n) is 7.06. The fourth-order valence-electron chi connectivity index (χ4n) is 0.945. The second-order valence-corrected chi connectivity index (χ2v) is 3.59. The highest BCUT2D eigenvalue weighted by Gasteiger charge is 2.17. The molecular formula is C9H12FN. The van der Waals surface area contributed by atoms with Gasteiger partial charge in [0.2, 0.25) is 5.95 Å². The van der Waals surface area contributed by atoms with Crippen molar-refractivity contribution >= 4 is 0 Å². The van der Waals surface area contributed by atoms with Crippen LogP contribution in [-0.4, -0.2) is 4.98 Å². The van der Waals surface area contributed by atoms with Crippen molar-refractivity contribution in [2.45, 2.75) is 26.2 Å². The molecule has 0 saturated heterocycles. The summed E-state index contributed by atoms with van der Waals surface area (Å²) in [6, 6.07) is 3.52. The number of nitrogens with zero attached hydrogens (tertiary/aromatic N) is 1. The number of rotatable bonds is 0. The van der Waals surface area contributed by atoms with Crippen LogP contribution in [0.25, 0.3) is 0 Å². The van der Waals surface area contributed by atoms with E-state index in [1.807, 2.05) is 20.8 Å². The Morgan fingerprint density at radius 2 is 2.00 bits per heavy atom. The van der Waals surface area contributed by atoms with Gasteiger partial charge in [-0.1, -0.05) is 26.8 Å². The summed E-state index contributed by atoms with van der Waals surface area (Å²) in [4.78, 5) is 3.58. The molecule has 0 radical (unpaired) electrons. The Hall–Kier alpha value is -0.920. The Balaban J connectivity index is 3.14. The van der Waals surface area contributed by atoms with Gasteiger partial charge in [0.15, 0.2) is 0 Å². The highest BCUT2D eigenvalue weighted by atomic mass is 18.2. The lowest BCUT2D eigenvalue weighted by Gasteiger charge is -2.18. The molecule has 60 valence electrons. The molecule has 1 heterocycles. The number of hydrogen-bond acceptors (Lipinski definition) is 1. The predicted octanol–water partition coefficient (Wildman–Crippen LogP) is 2.52. The van der Waals surface area contributed by atoms with Crippen molar-refractivity contribution in [2.75, 3.05) is 0 Å². The third kappa shape index (κ3) is 1.76. The van der Waals surface area contributed by atoms with Crippen LogP contribution in [-0.2, 0) is 5.41 Å². The van der Waals surface area contributed by atoms with Crippen LogP contribution in [0.1, 0.15) is 26.3 Å². The minimum atomic E-state index is -0.361. The molecule has 0 unspecified atom stereocenters. The fourth-order valence-corrected chi connectivity index (χ4v) is 0.945. The number of hydrogen-bond donors (Lipinski definition) is 0.